The van der Waals surface area contributed by atoms with Crippen molar-refractivity contribution in [1.82, 2.24) is 14.8 Å². The van der Waals surface area contributed by atoms with Crippen LogP contribution in [0.3, 0.4) is 0 Å². The molecule has 5 nitrogen and oxygen atoms in total. The van der Waals surface area contributed by atoms with Crippen molar-refractivity contribution in [3.05, 3.63) is 35.0 Å². The van der Waals surface area contributed by atoms with Crippen LogP contribution in [0.5, 0.6) is 0 Å². The summed E-state index contributed by atoms with van der Waals surface area (Å²) in [6, 6.07) is 4.39. The Bertz CT molecular complexity index is 730. The molecule has 1 aromatic heterocycles. The minimum atomic E-state index is -0.209. The number of nitrogens with zero attached hydrogens (tertiary/aromatic N) is 2. The zero-order valence-electron chi connectivity index (χ0n) is 14.9. The minimum absolute atomic E-state index is 0.209. The number of piperazine rings is 1. The van der Waals surface area contributed by atoms with E-state index in [1.54, 1.807) is 0 Å². The lowest BCUT2D eigenvalue weighted by Gasteiger charge is -2.27. The van der Waals surface area contributed by atoms with E-state index in [0.29, 0.717) is 0 Å². The largest absolute Gasteiger partial charge is 0.468 e. The van der Waals surface area contributed by atoms with Crippen molar-refractivity contribution in [3.8, 4) is 0 Å². The number of rotatable bonds is 5. The Morgan fingerprint density at radius 2 is 2.00 bits per heavy atom. The van der Waals surface area contributed by atoms with Crippen molar-refractivity contribution < 1.29 is 9.53 Å². The molecule has 0 amide bonds. The second kappa shape index (κ2) is 7.36. The molecule has 5 heteroatoms. The fourth-order valence-corrected chi connectivity index (χ4v) is 3.65. The van der Waals surface area contributed by atoms with Gasteiger partial charge in [-0.3, -0.25) is 4.79 Å². The highest BCUT2D eigenvalue weighted by molar-refractivity contribution is 5.89. The predicted octanol–water partition coefficient (Wildman–Crippen LogP) is 1.88. The van der Waals surface area contributed by atoms with Gasteiger partial charge in [0.1, 0.15) is 6.54 Å². The standard InChI is InChI=1S/C19H27N3O2/c1-14-10-15(2)19-16(4-7-21-8-5-20-6-9-21)12-22(17(19)11-14)13-18(23)24-3/h10-12,20H,4-9,13H2,1-3H3. The molecule has 1 N–H and O–H groups in total. The molecule has 0 unspecified atom stereocenters. The van der Waals surface area contributed by atoms with Gasteiger partial charge in [0, 0.05) is 49.8 Å². The van der Waals surface area contributed by atoms with Gasteiger partial charge in [0.15, 0.2) is 0 Å². The van der Waals surface area contributed by atoms with Crippen molar-refractivity contribution in [2.75, 3.05) is 39.8 Å². The van der Waals surface area contributed by atoms with E-state index in [2.05, 4.69) is 42.4 Å². The lowest BCUT2D eigenvalue weighted by Crippen LogP contribution is -2.44. The smallest absolute Gasteiger partial charge is 0.325 e. The van der Waals surface area contributed by atoms with Crippen LogP contribution < -0.4 is 5.32 Å². The van der Waals surface area contributed by atoms with E-state index in [9.17, 15) is 4.79 Å². The molecule has 24 heavy (non-hydrogen) atoms. The Labute approximate surface area is 143 Å². The molecule has 2 aromatic rings. The average molecular weight is 329 g/mol. The molecular formula is C19H27N3O2. The van der Waals surface area contributed by atoms with Crippen LogP contribution >= 0.6 is 0 Å². The Kier molecular flexibility index (Phi) is 5.21. The first-order valence-corrected chi connectivity index (χ1v) is 8.67. The number of carbonyl (C=O) groups excluding carboxylic acids is 1. The number of aromatic nitrogens is 1. The highest BCUT2D eigenvalue weighted by atomic mass is 16.5. The minimum Gasteiger partial charge on any atom is -0.468 e. The maximum Gasteiger partial charge on any atom is 0.325 e. The van der Waals surface area contributed by atoms with Gasteiger partial charge in [0.25, 0.3) is 0 Å². The zero-order valence-corrected chi connectivity index (χ0v) is 14.9. The summed E-state index contributed by atoms with van der Waals surface area (Å²) < 4.78 is 6.89. The molecule has 130 valence electrons. The van der Waals surface area contributed by atoms with Crippen LogP contribution in [0.4, 0.5) is 0 Å². The third-order valence-electron chi connectivity index (χ3n) is 4.84. The number of benzene rings is 1. The van der Waals surface area contributed by atoms with Crippen LogP contribution in [-0.2, 0) is 22.5 Å². The molecule has 0 bridgehead atoms. The summed E-state index contributed by atoms with van der Waals surface area (Å²) in [6.45, 7) is 9.95. The van der Waals surface area contributed by atoms with Gasteiger partial charge >= 0.3 is 5.97 Å². The summed E-state index contributed by atoms with van der Waals surface area (Å²) in [5.74, 6) is -0.209. The highest BCUT2D eigenvalue weighted by Crippen LogP contribution is 2.27. The molecule has 0 aliphatic carbocycles. The van der Waals surface area contributed by atoms with Crippen molar-refractivity contribution in [2.45, 2.75) is 26.8 Å². The normalized spacial score (nSPS) is 15.8. The van der Waals surface area contributed by atoms with Crippen LogP contribution in [0.2, 0.25) is 0 Å². The number of fused-ring (bicyclic) bond motifs is 1. The Morgan fingerprint density at radius 1 is 1.25 bits per heavy atom. The molecule has 1 aromatic carbocycles. The van der Waals surface area contributed by atoms with Gasteiger partial charge in [0.2, 0.25) is 0 Å². The molecular weight excluding hydrogens is 302 g/mol. The number of nitrogens with one attached hydrogen (secondary N) is 1. The van der Waals surface area contributed by atoms with E-state index in [1.165, 1.54) is 29.2 Å². The Balaban J connectivity index is 1.89. The molecule has 1 fully saturated rings. The quantitative estimate of drug-likeness (QED) is 0.851. The summed E-state index contributed by atoms with van der Waals surface area (Å²) in [7, 11) is 1.44. The summed E-state index contributed by atoms with van der Waals surface area (Å²) in [6.07, 6.45) is 3.14. The molecule has 0 saturated carbocycles. The highest BCUT2D eigenvalue weighted by Gasteiger charge is 2.16. The second-order valence-electron chi connectivity index (χ2n) is 6.68. The molecule has 3 rings (SSSR count). The van der Waals surface area contributed by atoms with Gasteiger partial charge < -0.3 is 19.5 Å². The summed E-state index contributed by atoms with van der Waals surface area (Å²) in [5.41, 5.74) is 4.96. The van der Waals surface area contributed by atoms with E-state index >= 15 is 0 Å². The van der Waals surface area contributed by atoms with Crippen LogP contribution in [-0.4, -0.2) is 55.3 Å². The second-order valence-corrected chi connectivity index (χ2v) is 6.68. The zero-order chi connectivity index (χ0) is 17.1. The molecule has 0 spiro atoms. The van der Waals surface area contributed by atoms with Crippen molar-refractivity contribution in [2.24, 2.45) is 0 Å². The van der Waals surface area contributed by atoms with Gasteiger partial charge in [-0.2, -0.15) is 0 Å². The van der Waals surface area contributed by atoms with Gasteiger partial charge in [-0.25, -0.2) is 0 Å². The SMILES string of the molecule is COC(=O)Cn1cc(CCN2CCNCC2)c2c(C)cc(C)cc21. The topological polar surface area (TPSA) is 46.5 Å². The number of ether oxygens (including phenoxy) is 1. The molecule has 0 atom stereocenters. The van der Waals surface area contributed by atoms with Crippen molar-refractivity contribution in [1.29, 1.82) is 0 Å². The van der Waals surface area contributed by atoms with Gasteiger partial charge in [-0.1, -0.05) is 6.07 Å². The van der Waals surface area contributed by atoms with Gasteiger partial charge in [0.05, 0.1) is 7.11 Å². The van der Waals surface area contributed by atoms with E-state index in [0.717, 1.165) is 44.7 Å². The van der Waals surface area contributed by atoms with Crippen LogP contribution in [0.1, 0.15) is 16.7 Å². The number of carbonyl (C=O) groups is 1. The van der Waals surface area contributed by atoms with Crippen LogP contribution in [0.15, 0.2) is 18.3 Å². The lowest BCUT2D eigenvalue weighted by molar-refractivity contribution is -0.141. The molecule has 2 heterocycles. The van der Waals surface area contributed by atoms with Crippen LogP contribution in [0.25, 0.3) is 10.9 Å². The fraction of sp³-hybridized carbons (Fsp3) is 0.526. The molecule has 0 radical (unpaired) electrons. The lowest BCUT2D eigenvalue weighted by atomic mass is 10.0. The van der Waals surface area contributed by atoms with Gasteiger partial charge in [-0.15, -0.1) is 0 Å². The van der Waals surface area contributed by atoms with E-state index in [1.807, 2.05) is 4.57 Å². The van der Waals surface area contributed by atoms with Crippen molar-refractivity contribution >= 4 is 16.9 Å². The van der Waals surface area contributed by atoms with E-state index < -0.39 is 0 Å². The third-order valence-corrected chi connectivity index (χ3v) is 4.84. The van der Waals surface area contributed by atoms with Crippen LogP contribution in [0, 0.1) is 13.8 Å². The number of hydrogen-bond acceptors (Lipinski definition) is 4. The Hall–Kier alpha value is -1.85. The average Bonchev–Trinajstić information content (AvgIpc) is 2.91. The summed E-state index contributed by atoms with van der Waals surface area (Å²) in [4.78, 5) is 14.3. The van der Waals surface area contributed by atoms with Crippen molar-refractivity contribution in [3.63, 3.8) is 0 Å². The number of methoxy groups -OCH3 is 1. The maximum absolute atomic E-state index is 11.8. The number of hydrogen-bond donors (Lipinski definition) is 1. The van der Waals surface area contributed by atoms with E-state index in [-0.39, 0.29) is 12.5 Å². The predicted molar refractivity (Wildman–Crippen MR) is 96.4 cm³/mol. The number of esters is 1. The fourth-order valence-electron chi connectivity index (χ4n) is 3.65. The first-order chi connectivity index (χ1) is 11.6. The summed E-state index contributed by atoms with van der Waals surface area (Å²) >= 11 is 0. The van der Waals surface area contributed by atoms with E-state index in [4.69, 9.17) is 4.74 Å². The number of aryl methyl sites for hydroxylation is 2. The first kappa shape index (κ1) is 17.0. The third kappa shape index (κ3) is 3.62. The maximum atomic E-state index is 11.8. The van der Waals surface area contributed by atoms with Gasteiger partial charge in [-0.05, 0) is 43.0 Å². The molecule has 1 saturated heterocycles. The molecule has 1 aliphatic rings. The monoisotopic (exact) mass is 329 g/mol. The Morgan fingerprint density at radius 3 is 2.71 bits per heavy atom. The summed E-state index contributed by atoms with van der Waals surface area (Å²) in [5, 5.41) is 4.68. The first-order valence-electron chi connectivity index (χ1n) is 8.67. The molecule has 1 aliphatic heterocycles.